The maximum absolute atomic E-state index is 10.8. The molecule has 1 heterocycles. The molecule has 1 saturated heterocycles. The summed E-state index contributed by atoms with van der Waals surface area (Å²) in [4.78, 5) is 13.3. The minimum atomic E-state index is 0.139. The third-order valence-electron chi connectivity index (χ3n) is 3.86. The van der Waals surface area contributed by atoms with Crippen molar-refractivity contribution in [1.29, 1.82) is 0 Å². The number of nitrogens with one attached hydrogen (secondary N) is 1. The average Bonchev–Trinajstić information content (AvgIpc) is 2.48. The quantitative estimate of drug-likeness (QED) is 0.796. The van der Waals surface area contributed by atoms with Gasteiger partial charge in [-0.05, 0) is 37.3 Å². The van der Waals surface area contributed by atoms with Crippen molar-refractivity contribution in [2.45, 2.75) is 45.1 Å². The van der Waals surface area contributed by atoms with Crippen molar-refractivity contribution in [2.75, 3.05) is 18.0 Å². The van der Waals surface area contributed by atoms with Gasteiger partial charge in [-0.3, -0.25) is 4.79 Å². The second-order valence-electron chi connectivity index (χ2n) is 5.23. The summed E-state index contributed by atoms with van der Waals surface area (Å²) >= 11 is 0. The molecule has 1 aliphatic heterocycles. The van der Waals surface area contributed by atoms with Gasteiger partial charge in [-0.15, -0.1) is 0 Å². The molecule has 3 heteroatoms. The van der Waals surface area contributed by atoms with E-state index in [-0.39, 0.29) is 6.04 Å². The van der Waals surface area contributed by atoms with E-state index >= 15 is 0 Å². The number of para-hydroxylation sites is 1. The molecule has 1 N–H and O–H groups in total. The molecule has 0 aromatic heterocycles. The smallest absolute Gasteiger partial charge is 0.207 e. The standard InChI is InChI=1S/C16H24N2O/c1-2-8-15(17-13-19)14-9-4-5-10-16(14)18-11-6-3-7-12-18/h4-5,9-10,13,15H,2-3,6-8,11-12H2,1H3,(H,17,19)/t15-/m1/s1. The maximum atomic E-state index is 10.8. The molecule has 3 nitrogen and oxygen atoms in total. The summed E-state index contributed by atoms with van der Waals surface area (Å²) < 4.78 is 0. The summed E-state index contributed by atoms with van der Waals surface area (Å²) in [6, 6.07) is 8.65. The second kappa shape index (κ2) is 7.17. The van der Waals surface area contributed by atoms with E-state index in [1.54, 1.807) is 0 Å². The van der Waals surface area contributed by atoms with Gasteiger partial charge in [0.05, 0.1) is 6.04 Å². The molecule has 1 aromatic rings. The van der Waals surface area contributed by atoms with Crippen LogP contribution in [0, 0.1) is 0 Å². The number of amides is 1. The molecule has 19 heavy (non-hydrogen) atoms. The Bertz CT molecular complexity index is 399. The maximum Gasteiger partial charge on any atom is 0.207 e. The zero-order valence-corrected chi connectivity index (χ0v) is 11.8. The number of carbonyl (C=O) groups is 1. The Morgan fingerprint density at radius 3 is 2.68 bits per heavy atom. The van der Waals surface area contributed by atoms with Gasteiger partial charge >= 0.3 is 0 Å². The second-order valence-corrected chi connectivity index (χ2v) is 5.23. The first-order valence-corrected chi connectivity index (χ1v) is 7.40. The first-order chi connectivity index (χ1) is 9.36. The Kier molecular flexibility index (Phi) is 5.25. The highest BCUT2D eigenvalue weighted by Gasteiger charge is 2.18. The van der Waals surface area contributed by atoms with Gasteiger partial charge in [0, 0.05) is 18.8 Å². The summed E-state index contributed by atoms with van der Waals surface area (Å²) in [5.41, 5.74) is 2.56. The van der Waals surface area contributed by atoms with E-state index in [0.717, 1.165) is 32.3 Å². The molecule has 0 radical (unpaired) electrons. The van der Waals surface area contributed by atoms with E-state index in [4.69, 9.17) is 0 Å². The van der Waals surface area contributed by atoms with Gasteiger partial charge in [0.2, 0.25) is 6.41 Å². The molecule has 104 valence electrons. The Morgan fingerprint density at radius 1 is 1.26 bits per heavy atom. The highest BCUT2D eigenvalue weighted by atomic mass is 16.1. The van der Waals surface area contributed by atoms with E-state index in [0.29, 0.717) is 0 Å². The van der Waals surface area contributed by atoms with E-state index < -0.39 is 0 Å². The fraction of sp³-hybridized carbons (Fsp3) is 0.562. The Morgan fingerprint density at radius 2 is 2.00 bits per heavy atom. The van der Waals surface area contributed by atoms with Gasteiger partial charge in [0.25, 0.3) is 0 Å². The predicted molar refractivity (Wildman–Crippen MR) is 79.4 cm³/mol. The van der Waals surface area contributed by atoms with Crippen molar-refractivity contribution in [3.05, 3.63) is 29.8 Å². The molecule has 2 rings (SSSR count). The van der Waals surface area contributed by atoms with Crippen LogP contribution in [-0.4, -0.2) is 19.5 Å². The van der Waals surface area contributed by atoms with Gasteiger partial charge in [-0.2, -0.15) is 0 Å². The van der Waals surface area contributed by atoms with Crippen LogP contribution in [0.2, 0.25) is 0 Å². The molecule has 0 spiro atoms. The number of anilines is 1. The van der Waals surface area contributed by atoms with Crippen LogP contribution < -0.4 is 10.2 Å². The molecule has 0 bridgehead atoms. The number of benzene rings is 1. The van der Waals surface area contributed by atoms with E-state index in [9.17, 15) is 4.79 Å². The van der Waals surface area contributed by atoms with Crippen LogP contribution in [0.5, 0.6) is 0 Å². The van der Waals surface area contributed by atoms with Gasteiger partial charge in [-0.1, -0.05) is 31.5 Å². The van der Waals surface area contributed by atoms with Crippen molar-refractivity contribution < 1.29 is 4.79 Å². The van der Waals surface area contributed by atoms with Crippen molar-refractivity contribution in [3.63, 3.8) is 0 Å². The monoisotopic (exact) mass is 260 g/mol. The molecular weight excluding hydrogens is 236 g/mol. The zero-order chi connectivity index (χ0) is 13.5. The number of carbonyl (C=O) groups excluding carboxylic acids is 1. The fourth-order valence-corrected chi connectivity index (χ4v) is 2.90. The van der Waals surface area contributed by atoms with Crippen molar-refractivity contribution in [2.24, 2.45) is 0 Å². The van der Waals surface area contributed by atoms with E-state index in [2.05, 4.69) is 41.4 Å². The fourth-order valence-electron chi connectivity index (χ4n) is 2.90. The first-order valence-electron chi connectivity index (χ1n) is 7.40. The topological polar surface area (TPSA) is 32.3 Å². The Labute approximate surface area is 116 Å². The normalized spacial score (nSPS) is 17.0. The molecular formula is C16H24N2O. The molecule has 0 aliphatic carbocycles. The van der Waals surface area contributed by atoms with Crippen LogP contribution in [0.1, 0.15) is 50.6 Å². The third-order valence-corrected chi connectivity index (χ3v) is 3.86. The van der Waals surface area contributed by atoms with Gasteiger partial charge < -0.3 is 10.2 Å². The molecule has 1 aromatic carbocycles. The van der Waals surface area contributed by atoms with Crippen LogP contribution in [0.3, 0.4) is 0 Å². The summed E-state index contributed by atoms with van der Waals surface area (Å²) in [6.45, 7) is 4.43. The molecule has 0 saturated carbocycles. The number of hydrogen-bond donors (Lipinski definition) is 1. The summed E-state index contributed by atoms with van der Waals surface area (Å²) in [5.74, 6) is 0. The van der Waals surface area contributed by atoms with Crippen molar-refractivity contribution in [1.82, 2.24) is 5.32 Å². The van der Waals surface area contributed by atoms with Crippen molar-refractivity contribution in [3.8, 4) is 0 Å². The number of piperidine rings is 1. The molecule has 1 atom stereocenters. The largest absolute Gasteiger partial charge is 0.371 e. The minimum Gasteiger partial charge on any atom is -0.371 e. The summed E-state index contributed by atoms with van der Waals surface area (Å²) in [7, 11) is 0. The SMILES string of the molecule is CCC[C@@H](NC=O)c1ccccc1N1CCCCC1. The van der Waals surface area contributed by atoms with Gasteiger partial charge in [0.15, 0.2) is 0 Å². The lowest BCUT2D eigenvalue weighted by Crippen LogP contribution is -2.31. The average molecular weight is 260 g/mol. The summed E-state index contributed by atoms with van der Waals surface area (Å²) in [6.07, 6.45) is 6.77. The third kappa shape index (κ3) is 3.49. The minimum absolute atomic E-state index is 0.139. The highest BCUT2D eigenvalue weighted by Crippen LogP contribution is 2.30. The lowest BCUT2D eigenvalue weighted by molar-refractivity contribution is -0.110. The number of rotatable bonds is 6. The molecule has 0 unspecified atom stereocenters. The van der Waals surface area contributed by atoms with Gasteiger partial charge in [-0.25, -0.2) is 0 Å². The first kappa shape index (κ1) is 13.9. The Balaban J connectivity index is 2.24. The Hall–Kier alpha value is -1.51. The molecule has 1 amide bonds. The highest BCUT2D eigenvalue weighted by molar-refractivity contribution is 5.57. The lowest BCUT2D eigenvalue weighted by Gasteiger charge is -2.32. The van der Waals surface area contributed by atoms with Crippen LogP contribution in [0.25, 0.3) is 0 Å². The number of nitrogens with zero attached hydrogens (tertiary/aromatic N) is 1. The van der Waals surface area contributed by atoms with E-state index in [1.807, 2.05) is 0 Å². The van der Waals surface area contributed by atoms with E-state index in [1.165, 1.54) is 30.5 Å². The van der Waals surface area contributed by atoms with Crippen LogP contribution in [0.4, 0.5) is 5.69 Å². The lowest BCUT2D eigenvalue weighted by atomic mass is 9.98. The molecule has 1 fully saturated rings. The number of hydrogen-bond acceptors (Lipinski definition) is 2. The zero-order valence-electron chi connectivity index (χ0n) is 11.8. The van der Waals surface area contributed by atoms with Crippen LogP contribution in [0.15, 0.2) is 24.3 Å². The predicted octanol–water partition coefficient (Wildman–Crippen LogP) is 3.26. The van der Waals surface area contributed by atoms with Crippen LogP contribution in [-0.2, 0) is 4.79 Å². The summed E-state index contributed by atoms with van der Waals surface area (Å²) in [5, 5.41) is 2.97. The molecule has 1 aliphatic rings. The van der Waals surface area contributed by atoms with Gasteiger partial charge in [0.1, 0.15) is 0 Å². The van der Waals surface area contributed by atoms with Crippen LogP contribution >= 0.6 is 0 Å². The van der Waals surface area contributed by atoms with Crippen molar-refractivity contribution >= 4 is 12.1 Å².